The Bertz CT molecular complexity index is 275. The molecule has 0 aliphatic heterocycles. The number of rotatable bonds is 12. The van der Waals surface area contributed by atoms with Crippen molar-refractivity contribution in [1.29, 1.82) is 0 Å². The van der Waals surface area contributed by atoms with Crippen LogP contribution in [-0.4, -0.2) is 63.2 Å². The lowest BCUT2D eigenvalue weighted by molar-refractivity contribution is 0.0418. The predicted octanol–water partition coefficient (Wildman–Crippen LogP) is 1.76. The van der Waals surface area contributed by atoms with E-state index in [-0.39, 0.29) is 24.0 Å². The van der Waals surface area contributed by atoms with Crippen LogP contribution in [-0.2, 0) is 9.47 Å². The van der Waals surface area contributed by atoms with Gasteiger partial charge in [-0.1, -0.05) is 13.8 Å². The number of aliphatic hydroxyl groups is 1. The van der Waals surface area contributed by atoms with Crippen LogP contribution in [0.1, 0.15) is 40.0 Å². The topological polar surface area (TPSA) is 75.1 Å². The van der Waals surface area contributed by atoms with Gasteiger partial charge in [0.05, 0.1) is 25.4 Å². The summed E-state index contributed by atoms with van der Waals surface area (Å²) in [5.41, 5.74) is -0.703. The maximum atomic E-state index is 10.2. The molecule has 0 atom stereocenters. The summed E-state index contributed by atoms with van der Waals surface area (Å²) in [6, 6.07) is 0. The number of halogens is 1. The molecular formula is C15H34IN3O3. The molecule has 0 fully saturated rings. The van der Waals surface area contributed by atoms with Crippen molar-refractivity contribution in [2.75, 3.05) is 46.6 Å². The molecule has 0 aromatic rings. The largest absolute Gasteiger partial charge is 0.388 e. The van der Waals surface area contributed by atoms with Crippen molar-refractivity contribution >= 4 is 29.9 Å². The second kappa shape index (κ2) is 15.8. The fourth-order valence-corrected chi connectivity index (χ4v) is 1.67. The van der Waals surface area contributed by atoms with E-state index < -0.39 is 5.60 Å². The first kappa shape index (κ1) is 24.1. The smallest absolute Gasteiger partial charge is 0.191 e. The first-order valence-corrected chi connectivity index (χ1v) is 7.93. The van der Waals surface area contributed by atoms with Crippen LogP contribution in [0, 0.1) is 0 Å². The first-order chi connectivity index (χ1) is 10.1. The lowest BCUT2D eigenvalue weighted by atomic mass is 9.98. The molecule has 0 amide bonds. The summed E-state index contributed by atoms with van der Waals surface area (Å²) < 4.78 is 10.3. The van der Waals surface area contributed by atoms with Crippen LogP contribution < -0.4 is 10.6 Å². The van der Waals surface area contributed by atoms with Crippen molar-refractivity contribution in [2.45, 2.75) is 45.6 Å². The van der Waals surface area contributed by atoms with E-state index in [0.29, 0.717) is 39.2 Å². The maximum Gasteiger partial charge on any atom is 0.191 e. The molecular weight excluding hydrogens is 397 g/mol. The van der Waals surface area contributed by atoms with E-state index in [1.807, 2.05) is 20.8 Å². The predicted molar refractivity (Wildman–Crippen MR) is 102 cm³/mol. The standard InChI is InChI=1S/C15H33N3O3.HI/c1-5-15(19,6-2)13-18-14(16-7-3)17-9-8-10-21-12-11-20-4;/h19H,5-13H2,1-4H3,(H2,16,17,18);1H. The number of aliphatic imine (C=N–C) groups is 1. The fourth-order valence-electron chi connectivity index (χ4n) is 1.67. The molecule has 22 heavy (non-hydrogen) atoms. The summed E-state index contributed by atoms with van der Waals surface area (Å²) in [5.74, 6) is 0.745. The highest BCUT2D eigenvalue weighted by Crippen LogP contribution is 2.14. The van der Waals surface area contributed by atoms with Gasteiger partial charge in [-0.15, -0.1) is 24.0 Å². The Morgan fingerprint density at radius 1 is 1.09 bits per heavy atom. The van der Waals surface area contributed by atoms with Gasteiger partial charge in [0.1, 0.15) is 0 Å². The zero-order chi connectivity index (χ0) is 16.0. The molecule has 0 saturated heterocycles. The van der Waals surface area contributed by atoms with Crippen LogP contribution in [0.4, 0.5) is 0 Å². The highest BCUT2D eigenvalue weighted by Gasteiger charge is 2.21. The average molecular weight is 431 g/mol. The van der Waals surface area contributed by atoms with Gasteiger partial charge in [0.2, 0.25) is 0 Å². The quantitative estimate of drug-likeness (QED) is 0.190. The molecule has 0 heterocycles. The SMILES string of the molecule is CCNC(=NCC(O)(CC)CC)NCCCOCCOC.I. The molecule has 0 saturated carbocycles. The van der Waals surface area contributed by atoms with Crippen LogP contribution in [0.2, 0.25) is 0 Å². The normalized spacial score (nSPS) is 12.0. The zero-order valence-corrected chi connectivity index (χ0v) is 16.8. The van der Waals surface area contributed by atoms with Crippen molar-refractivity contribution in [3.05, 3.63) is 0 Å². The molecule has 0 aromatic heterocycles. The minimum Gasteiger partial charge on any atom is -0.388 e. The molecule has 0 aliphatic carbocycles. The first-order valence-electron chi connectivity index (χ1n) is 7.93. The van der Waals surface area contributed by atoms with Gasteiger partial charge in [-0.05, 0) is 26.2 Å². The summed E-state index contributed by atoms with van der Waals surface area (Å²) in [7, 11) is 1.66. The van der Waals surface area contributed by atoms with E-state index >= 15 is 0 Å². The van der Waals surface area contributed by atoms with Crippen LogP contribution in [0.25, 0.3) is 0 Å². The highest BCUT2D eigenvalue weighted by molar-refractivity contribution is 14.0. The molecule has 0 unspecified atom stereocenters. The number of ether oxygens (including phenoxy) is 2. The molecule has 0 bridgehead atoms. The third kappa shape index (κ3) is 12.4. The zero-order valence-electron chi connectivity index (χ0n) is 14.5. The lowest BCUT2D eigenvalue weighted by Gasteiger charge is -2.23. The average Bonchev–Trinajstić information content (AvgIpc) is 2.51. The van der Waals surface area contributed by atoms with Gasteiger partial charge in [-0.25, -0.2) is 0 Å². The third-order valence-electron chi connectivity index (χ3n) is 3.38. The fraction of sp³-hybridized carbons (Fsp3) is 0.933. The van der Waals surface area contributed by atoms with Crippen LogP contribution >= 0.6 is 24.0 Å². The van der Waals surface area contributed by atoms with Crippen molar-refractivity contribution in [3.8, 4) is 0 Å². The summed E-state index contributed by atoms with van der Waals surface area (Å²) in [6.45, 7) is 9.95. The number of guanidine groups is 1. The molecule has 3 N–H and O–H groups in total. The second-order valence-electron chi connectivity index (χ2n) is 5.01. The van der Waals surface area contributed by atoms with Gasteiger partial charge in [0, 0.05) is 26.8 Å². The van der Waals surface area contributed by atoms with Crippen molar-refractivity contribution < 1.29 is 14.6 Å². The molecule has 6 nitrogen and oxygen atoms in total. The monoisotopic (exact) mass is 431 g/mol. The number of hydrogen-bond donors (Lipinski definition) is 3. The van der Waals surface area contributed by atoms with Gasteiger partial charge in [-0.2, -0.15) is 0 Å². The third-order valence-corrected chi connectivity index (χ3v) is 3.38. The van der Waals surface area contributed by atoms with E-state index in [4.69, 9.17) is 9.47 Å². The molecule has 7 heteroatoms. The second-order valence-corrected chi connectivity index (χ2v) is 5.01. The molecule has 0 aliphatic rings. The molecule has 0 radical (unpaired) electrons. The minimum atomic E-state index is -0.703. The maximum absolute atomic E-state index is 10.2. The number of hydrogen-bond acceptors (Lipinski definition) is 4. The Morgan fingerprint density at radius 3 is 2.32 bits per heavy atom. The summed E-state index contributed by atoms with van der Waals surface area (Å²) in [6.07, 6.45) is 2.32. The van der Waals surface area contributed by atoms with Crippen molar-refractivity contribution in [2.24, 2.45) is 4.99 Å². The minimum absolute atomic E-state index is 0. The van der Waals surface area contributed by atoms with Gasteiger partial charge < -0.3 is 25.2 Å². The number of nitrogens with zero attached hydrogens (tertiary/aromatic N) is 1. The molecule has 0 aromatic carbocycles. The Morgan fingerprint density at radius 2 is 1.77 bits per heavy atom. The van der Waals surface area contributed by atoms with Gasteiger partial charge in [0.25, 0.3) is 0 Å². The summed E-state index contributed by atoms with van der Waals surface area (Å²) in [4.78, 5) is 4.46. The van der Waals surface area contributed by atoms with E-state index in [1.165, 1.54) is 0 Å². The van der Waals surface area contributed by atoms with Crippen LogP contribution in [0.3, 0.4) is 0 Å². The summed E-state index contributed by atoms with van der Waals surface area (Å²) >= 11 is 0. The van der Waals surface area contributed by atoms with Crippen molar-refractivity contribution in [3.63, 3.8) is 0 Å². The number of nitrogens with one attached hydrogen (secondary N) is 2. The van der Waals surface area contributed by atoms with Crippen molar-refractivity contribution in [1.82, 2.24) is 10.6 Å². The Hall–Kier alpha value is -0.120. The van der Waals surface area contributed by atoms with Crippen LogP contribution in [0.15, 0.2) is 4.99 Å². The highest BCUT2D eigenvalue weighted by atomic mass is 127. The molecule has 134 valence electrons. The van der Waals surface area contributed by atoms with E-state index in [0.717, 1.165) is 25.5 Å². The summed E-state index contributed by atoms with van der Waals surface area (Å²) in [5, 5.41) is 16.7. The number of methoxy groups -OCH3 is 1. The van der Waals surface area contributed by atoms with E-state index in [9.17, 15) is 5.11 Å². The Labute approximate surface area is 152 Å². The van der Waals surface area contributed by atoms with Gasteiger partial charge in [0.15, 0.2) is 5.96 Å². The van der Waals surface area contributed by atoms with Gasteiger partial charge in [-0.3, -0.25) is 4.99 Å². The Balaban J connectivity index is 0. The molecule has 0 spiro atoms. The molecule has 0 rings (SSSR count). The Kier molecular flexibility index (Phi) is 17.3. The lowest BCUT2D eigenvalue weighted by Crippen LogP contribution is -2.40. The van der Waals surface area contributed by atoms with E-state index in [1.54, 1.807) is 7.11 Å². The van der Waals surface area contributed by atoms with Gasteiger partial charge >= 0.3 is 0 Å². The van der Waals surface area contributed by atoms with Crippen LogP contribution in [0.5, 0.6) is 0 Å². The van der Waals surface area contributed by atoms with E-state index in [2.05, 4.69) is 15.6 Å².